The molecule has 0 unspecified atom stereocenters. The van der Waals surface area contributed by atoms with E-state index < -0.39 is 0 Å². The molecule has 2 aromatic carbocycles. The number of amides is 2. The van der Waals surface area contributed by atoms with E-state index >= 15 is 0 Å². The van der Waals surface area contributed by atoms with Crippen LogP contribution < -0.4 is 10.2 Å². The van der Waals surface area contributed by atoms with E-state index in [0.29, 0.717) is 19.0 Å². The van der Waals surface area contributed by atoms with Crippen molar-refractivity contribution in [3.05, 3.63) is 83.7 Å². The first-order valence-corrected chi connectivity index (χ1v) is 11.9. The van der Waals surface area contributed by atoms with E-state index in [-0.39, 0.29) is 17.7 Å². The van der Waals surface area contributed by atoms with Gasteiger partial charge in [-0.2, -0.15) is 10.2 Å². The Balaban J connectivity index is 1.11. The minimum absolute atomic E-state index is 0.0290. The maximum Gasteiger partial charge on any atom is 0.253 e. The van der Waals surface area contributed by atoms with Crippen LogP contribution in [0.2, 0.25) is 0 Å². The SMILES string of the molecule is Cc1nnccc1N1CC(C(=O)Nc2ccc(C3CCN(C(=O)c4ccccc4)CC3)cc2)C1. The summed E-state index contributed by atoms with van der Waals surface area (Å²) in [7, 11) is 0. The summed E-state index contributed by atoms with van der Waals surface area (Å²) in [6.07, 6.45) is 3.58. The van der Waals surface area contributed by atoms with Crippen LogP contribution >= 0.6 is 0 Å². The van der Waals surface area contributed by atoms with E-state index in [1.807, 2.05) is 60.4 Å². The molecule has 0 atom stereocenters. The van der Waals surface area contributed by atoms with Crippen molar-refractivity contribution in [3.63, 3.8) is 0 Å². The third kappa shape index (κ3) is 4.64. The van der Waals surface area contributed by atoms with Crippen molar-refractivity contribution in [1.82, 2.24) is 15.1 Å². The second kappa shape index (κ2) is 9.63. The van der Waals surface area contributed by atoms with Crippen LogP contribution in [0.1, 0.15) is 40.4 Å². The third-order valence-corrected chi connectivity index (χ3v) is 6.92. The van der Waals surface area contributed by atoms with Gasteiger partial charge in [0.25, 0.3) is 5.91 Å². The van der Waals surface area contributed by atoms with Gasteiger partial charge in [-0.25, -0.2) is 0 Å². The van der Waals surface area contributed by atoms with Gasteiger partial charge in [0, 0.05) is 37.4 Å². The largest absolute Gasteiger partial charge is 0.368 e. The Bertz CT molecular complexity index is 1150. The number of piperidine rings is 1. The summed E-state index contributed by atoms with van der Waals surface area (Å²) in [5.41, 5.74) is 4.77. The molecule has 1 N–H and O–H groups in total. The summed E-state index contributed by atoms with van der Waals surface area (Å²) in [5, 5.41) is 11.0. The van der Waals surface area contributed by atoms with Crippen molar-refractivity contribution in [3.8, 4) is 0 Å². The lowest BCUT2D eigenvalue weighted by Gasteiger charge is -2.40. The van der Waals surface area contributed by atoms with Gasteiger partial charge >= 0.3 is 0 Å². The number of aryl methyl sites for hydroxylation is 1. The van der Waals surface area contributed by atoms with Gasteiger partial charge in [-0.15, -0.1) is 0 Å². The van der Waals surface area contributed by atoms with Crippen LogP contribution in [0.25, 0.3) is 0 Å². The van der Waals surface area contributed by atoms with Gasteiger partial charge < -0.3 is 15.1 Å². The van der Waals surface area contributed by atoms with Crippen LogP contribution in [0.3, 0.4) is 0 Å². The highest BCUT2D eigenvalue weighted by molar-refractivity contribution is 5.95. The number of carbonyl (C=O) groups is 2. The van der Waals surface area contributed by atoms with Gasteiger partial charge in [-0.3, -0.25) is 9.59 Å². The smallest absolute Gasteiger partial charge is 0.253 e. The van der Waals surface area contributed by atoms with Gasteiger partial charge in [0.15, 0.2) is 0 Å². The molecule has 0 radical (unpaired) electrons. The standard InChI is InChI=1S/C27H29N5O2/c1-19-25(11-14-28-30-19)32-17-23(18-32)26(33)29-24-9-7-20(8-10-24)21-12-15-31(16-13-21)27(34)22-5-3-2-4-6-22/h2-11,14,21,23H,12-13,15-18H2,1H3,(H,29,33). The highest BCUT2D eigenvalue weighted by atomic mass is 16.2. The normalized spacial score (nSPS) is 16.7. The van der Waals surface area contributed by atoms with Gasteiger partial charge in [0.1, 0.15) is 0 Å². The average Bonchev–Trinajstić information content (AvgIpc) is 2.85. The molecular formula is C27H29N5O2. The fourth-order valence-corrected chi connectivity index (χ4v) is 4.83. The Morgan fingerprint density at radius 3 is 2.32 bits per heavy atom. The summed E-state index contributed by atoms with van der Waals surface area (Å²) < 4.78 is 0. The van der Waals surface area contributed by atoms with E-state index in [4.69, 9.17) is 0 Å². The highest BCUT2D eigenvalue weighted by Crippen LogP contribution is 2.30. The van der Waals surface area contributed by atoms with Crippen LogP contribution in [0.15, 0.2) is 66.9 Å². The molecule has 3 heterocycles. The van der Waals surface area contributed by atoms with Crippen molar-refractivity contribution < 1.29 is 9.59 Å². The topological polar surface area (TPSA) is 78.4 Å². The minimum Gasteiger partial charge on any atom is -0.368 e. The zero-order valence-electron chi connectivity index (χ0n) is 19.4. The van der Waals surface area contributed by atoms with Crippen LogP contribution in [0, 0.1) is 12.8 Å². The number of carbonyl (C=O) groups excluding carboxylic acids is 2. The molecule has 5 rings (SSSR count). The number of anilines is 2. The fraction of sp³-hybridized carbons (Fsp3) is 0.333. The lowest BCUT2D eigenvalue weighted by Crippen LogP contribution is -2.52. The summed E-state index contributed by atoms with van der Waals surface area (Å²) in [6.45, 7) is 4.85. The molecule has 7 nitrogen and oxygen atoms in total. The molecule has 3 aromatic rings. The van der Waals surface area contributed by atoms with Crippen LogP contribution in [-0.4, -0.2) is 53.1 Å². The van der Waals surface area contributed by atoms with E-state index in [0.717, 1.165) is 48.6 Å². The molecule has 34 heavy (non-hydrogen) atoms. The second-order valence-corrected chi connectivity index (χ2v) is 9.15. The lowest BCUT2D eigenvalue weighted by molar-refractivity contribution is -0.120. The molecule has 0 spiro atoms. The third-order valence-electron chi connectivity index (χ3n) is 6.92. The predicted octanol–water partition coefficient (Wildman–Crippen LogP) is 3.88. The summed E-state index contributed by atoms with van der Waals surface area (Å²) in [6, 6.07) is 19.6. The Morgan fingerprint density at radius 1 is 0.941 bits per heavy atom. The number of nitrogens with one attached hydrogen (secondary N) is 1. The van der Waals surface area contributed by atoms with Gasteiger partial charge in [0.05, 0.1) is 23.5 Å². The average molecular weight is 456 g/mol. The molecule has 2 aliphatic heterocycles. The number of benzene rings is 2. The Labute approximate surface area is 199 Å². The minimum atomic E-state index is -0.0290. The lowest BCUT2D eigenvalue weighted by atomic mass is 9.89. The van der Waals surface area contributed by atoms with Crippen molar-refractivity contribution >= 4 is 23.2 Å². The molecule has 7 heteroatoms. The molecule has 2 saturated heterocycles. The molecular weight excluding hydrogens is 426 g/mol. The zero-order valence-corrected chi connectivity index (χ0v) is 19.4. The molecule has 2 fully saturated rings. The molecule has 0 saturated carbocycles. The maximum atomic E-state index is 12.7. The van der Waals surface area contributed by atoms with E-state index in [9.17, 15) is 9.59 Å². The first kappa shape index (κ1) is 22.1. The monoisotopic (exact) mass is 455 g/mol. The fourth-order valence-electron chi connectivity index (χ4n) is 4.83. The molecule has 174 valence electrons. The Kier molecular flexibility index (Phi) is 6.25. The number of likely N-dealkylation sites (tertiary alicyclic amines) is 1. The van der Waals surface area contributed by atoms with Crippen LogP contribution in [0.4, 0.5) is 11.4 Å². The van der Waals surface area contributed by atoms with Crippen molar-refractivity contribution in [2.45, 2.75) is 25.7 Å². The number of rotatable bonds is 5. The number of nitrogens with zero attached hydrogens (tertiary/aromatic N) is 4. The zero-order chi connectivity index (χ0) is 23.5. The van der Waals surface area contributed by atoms with Crippen molar-refractivity contribution in [1.29, 1.82) is 0 Å². The van der Waals surface area contributed by atoms with Crippen LogP contribution in [-0.2, 0) is 4.79 Å². The van der Waals surface area contributed by atoms with Gasteiger partial charge in [-0.05, 0) is 61.6 Å². The van der Waals surface area contributed by atoms with Crippen molar-refractivity contribution in [2.75, 3.05) is 36.4 Å². The predicted molar refractivity (Wildman–Crippen MR) is 132 cm³/mol. The molecule has 2 aliphatic rings. The first-order chi connectivity index (χ1) is 16.6. The van der Waals surface area contributed by atoms with E-state index in [1.165, 1.54) is 5.56 Å². The molecule has 2 amide bonds. The second-order valence-electron chi connectivity index (χ2n) is 9.15. The highest BCUT2D eigenvalue weighted by Gasteiger charge is 2.33. The number of hydrogen-bond acceptors (Lipinski definition) is 5. The quantitative estimate of drug-likeness (QED) is 0.632. The van der Waals surface area contributed by atoms with Gasteiger partial charge in [-0.1, -0.05) is 30.3 Å². The van der Waals surface area contributed by atoms with Gasteiger partial charge in [0.2, 0.25) is 5.91 Å². The van der Waals surface area contributed by atoms with Crippen LogP contribution in [0.5, 0.6) is 0 Å². The number of hydrogen-bond donors (Lipinski definition) is 1. The molecule has 0 bridgehead atoms. The summed E-state index contributed by atoms with van der Waals surface area (Å²) >= 11 is 0. The molecule has 0 aliphatic carbocycles. The molecule has 1 aromatic heterocycles. The maximum absolute atomic E-state index is 12.7. The Hall–Kier alpha value is -3.74. The number of aromatic nitrogens is 2. The first-order valence-electron chi connectivity index (χ1n) is 11.9. The Morgan fingerprint density at radius 2 is 1.65 bits per heavy atom. The van der Waals surface area contributed by atoms with E-state index in [1.54, 1.807) is 6.20 Å². The summed E-state index contributed by atoms with van der Waals surface area (Å²) in [5.74, 6) is 0.569. The van der Waals surface area contributed by atoms with E-state index in [2.05, 4.69) is 32.5 Å². The summed E-state index contributed by atoms with van der Waals surface area (Å²) in [4.78, 5) is 29.4. The van der Waals surface area contributed by atoms with Crippen molar-refractivity contribution in [2.24, 2.45) is 5.92 Å².